The molecule has 1 aliphatic rings. The van der Waals surface area contributed by atoms with Crippen molar-refractivity contribution in [3.63, 3.8) is 0 Å². The maximum atomic E-state index is 14.1. The lowest BCUT2D eigenvalue weighted by Crippen LogP contribution is -2.45. The summed E-state index contributed by atoms with van der Waals surface area (Å²) in [4.78, 5) is -0.603. The summed E-state index contributed by atoms with van der Waals surface area (Å²) in [5.41, 5.74) is -1.12. The van der Waals surface area contributed by atoms with Crippen LogP contribution in [-0.2, 0) is 27.5 Å². The van der Waals surface area contributed by atoms with Crippen molar-refractivity contribution in [2.24, 2.45) is 0 Å². The van der Waals surface area contributed by atoms with E-state index in [9.17, 15) is 30.4 Å². The molecule has 0 aliphatic carbocycles. The number of nitrogens with zero attached hydrogens (tertiary/aromatic N) is 3. The van der Waals surface area contributed by atoms with Crippen LogP contribution in [-0.4, -0.2) is 42.5 Å². The summed E-state index contributed by atoms with van der Waals surface area (Å²) in [6.07, 6.45) is -6.30. The minimum Gasteiger partial charge on any atom is -0.377 e. The van der Waals surface area contributed by atoms with Crippen LogP contribution in [0.15, 0.2) is 23.1 Å². The Kier molecular flexibility index (Phi) is 6.41. The molecule has 0 radical (unpaired) electrons. The third kappa shape index (κ3) is 4.74. The zero-order valence-electron chi connectivity index (χ0n) is 15.3. The zero-order chi connectivity index (χ0) is 22.3. The lowest BCUT2D eigenvalue weighted by atomic mass is 10.0. The van der Waals surface area contributed by atoms with Gasteiger partial charge in [-0.15, -0.1) is 10.2 Å². The second-order valence-corrected chi connectivity index (χ2v) is 9.91. The van der Waals surface area contributed by atoms with Crippen molar-refractivity contribution in [1.82, 2.24) is 14.5 Å². The highest BCUT2D eigenvalue weighted by molar-refractivity contribution is 7.89. The first-order valence-corrected chi connectivity index (χ1v) is 11.1. The Morgan fingerprint density at radius 1 is 1.33 bits per heavy atom. The van der Waals surface area contributed by atoms with Crippen LogP contribution in [0.1, 0.15) is 34.5 Å². The number of benzene rings is 1. The van der Waals surface area contributed by atoms with Crippen molar-refractivity contribution in [3.05, 3.63) is 38.8 Å². The molecule has 1 aliphatic heterocycles. The van der Waals surface area contributed by atoms with Crippen molar-refractivity contribution in [2.45, 2.75) is 42.5 Å². The van der Waals surface area contributed by atoms with Gasteiger partial charge in [-0.25, -0.2) is 17.2 Å². The zero-order valence-corrected chi connectivity index (χ0v) is 17.7. The molecule has 0 bridgehead atoms. The number of halogens is 6. The summed E-state index contributed by atoms with van der Waals surface area (Å²) in [6.45, 7) is -0.491. The molecule has 0 N–H and O–H groups in total. The second-order valence-electron chi connectivity index (χ2n) is 6.55. The fourth-order valence-corrected chi connectivity index (χ4v) is 6.12. The van der Waals surface area contributed by atoms with Gasteiger partial charge in [0.1, 0.15) is 14.9 Å². The van der Waals surface area contributed by atoms with Crippen LogP contribution in [0.4, 0.5) is 22.0 Å². The normalized spacial score (nSPS) is 20.4. The standard InChI is InChI=1S/C16H15ClF5N3O3S2/c1-28-8-13-23-24-14(29-13)11-7-15(18,19)4-5-25(11)30(26,27)12-3-2-9(6-10(12)17)16(20,21)22/h2-3,6,11H,4-5,7-8H2,1H3/t11-/m0/s1. The van der Waals surface area contributed by atoms with Crippen LogP contribution >= 0.6 is 22.9 Å². The molecule has 3 rings (SSSR count). The Balaban J connectivity index is 2.01. The van der Waals surface area contributed by atoms with Gasteiger partial charge >= 0.3 is 6.18 Å². The third-order valence-electron chi connectivity index (χ3n) is 4.42. The fraction of sp³-hybridized carbons (Fsp3) is 0.500. The molecular formula is C16H15ClF5N3O3S2. The van der Waals surface area contributed by atoms with Gasteiger partial charge in [0.15, 0.2) is 0 Å². The molecule has 1 fully saturated rings. The molecule has 2 aromatic rings. The number of alkyl halides is 5. The van der Waals surface area contributed by atoms with Gasteiger partial charge in [0.25, 0.3) is 5.92 Å². The largest absolute Gasteiger partial charge is 0.416 e. The number of piperidine rings is 1. The second kappa shape index (κ2) is 8.26. The van der Waals surface area contributed by atoms with Gasteiger partial charge in [-0.05, 0) is 18.2 Å². The molecule has 0 spiro atoms. The van der Waals surface area contributed by atoms with Gasteiger partial charge in [0.05, 0.1) is 23.2 Å². The Bertz CT molecular complexity index is 1030. The van der Waals surface area contributed by atoms with E-state index in [2.05, 4.69) is 10.2 Å². The van der Waals surface area contributed by atoms with Crippen molar-refractivity contribution in [1.29, 1.82) is 0 Å². The van der Waals surface area contributed by atoms with Crippen LogP contribution in [0.5, 0.6) is 0 Å². The molecule has 0 unspecified atom stereocenters. The summed E-state index contributed by atoms with van der Waals surface area (Å²) in [5.74, 6) is -3.15. The summed E-state index contributed by atoms with van der Waals surface area (Å²) in [7, 11) is -3.10. The molecule has 14 heteroatoms. The van der Waals surface area contributed by atoms with Gasteiger partial charge in [-0.1, -0.05) is 22.9 Å². The molecular weight excluding hydrogens is 477 g/mol. The quantitative estimate of drug-likeness (QED) is 0.575. The van der Waals surface area contributed by atoms with E-state index in [0.29, 0.717) is 17.1 Å². The monoisotopic (exact) mass is 491 g/mol. The predicted octanol–water partition coefficient (Wildman–Crippen LogP) is 4.52. The highest BCUT2D eigenvalue weighted by Gasteiger charge is 2.47. The van der Waals surface area contributed by atoms with Gasteiger partial charge in [0, 0.05) is 26.5 Å². The van der Waals surface area contributed by atoms with E-state index in [0.717, 1.165) is 21.7 Å². The molecule has 2 heterocycles. The first-order chi connectivity index (χ1) is 13.8. The Hall–Kier alpha value is -1.41. The summed E-state index contributed by atoms with van der Waals surface area (Å²) in [5, 5.41) is 7.37. The van der Waals surface area contributed by atoms with Crippen molar-refractivity contribution in [2.75, 3.05) is 13.7 Å². The average Bonchev–Trinajstić information content (AvgIpc) is 3.08. The number of hydrogen-bond acceptors (Lipinski definition) is 6. The summed E-state index contributed by atoms with van der Waals surface area (Å²) in [6, 6.07) is 0.443. The van der Waals surface area contributed by atoms with Gasteiger partial charge in [-0.3, -0.25) is 0 Å². The summed E-state index contributed by atoms with van der Waals surface area (Å²) >= 11 is 6.76. The van der Waals surface area contributed by atoms with E-state index in [4.69, 9.17) is 16.3 Å². The summed E-state index contributed by atoms with van der Waals surface area (Å²) < 4.78 is 98.7. The maximum Gasteiger partial charge on any atom is 0.416 e. The van der Waals surface area contributed by atoms with E-state index in [1.807, 2.05) is 0 Å². The van der Waals surface area contributed by atoms with Crippen LogP contribution < -0.4 is 0 Å². The lowest BCUT2D eigenvalue weighted by molar-refractivity contribution is -0.137. The van der Waals surface area contributed by atoms with E-state index in [1.165, 1.54) is 7.11 Å². The first kappa shape index (κ1) is 23.3. The minimum absolute atomic E-state index is 0.0352. The Morgan fingerprint density at radius 2 is 2.03 bits per heavy atom. The molecule has 30 heavy (non-hydrogen) atoms. The Morgan fingerprint density at radius 3 is 2.63 bits per heavy atom. The molecule has 0 amide bonds. The van der Waals surface area contributed by atoms with Crippen molar-refractivity contribution < 1.29 is 35.1 Å². The third-order valence-corrected chi connectivity index (χ3v) is 7.81. The molecule has 0 saturated carbocycles. The molecule has 1 atom stereocenters. The van der Waals surface area contributed by atoms with Crippen molar-refractivity contribution >= 4 is 33.0 Å². The number of sulfonamides is 1. The number of methoxy groups -OCH3 is 1. The van der Waals surface area contributed by atoms with Gasteiger partial charge in [0.2, 0.25) is 10.0 Å². The van der Waals surface area contributed by atoms with Gasteiger partial charge < -0.3 is 4.74 Å². The molecule has 6 nitrogen and oxygen atoms in total. The number of hydrogen-bond donors (Lipinski definition) is 0. The SMILES string of the molecule is COCc1nnc([C@@H]2CC(F)(F)CCN2S(=O)(=O)c2ccc(C(F)(F)F)cc2Cl)s1. The van der Waals surface area contributed by atoms with Crippen molar-refractivity contribution in [3.8, 4) is 0 Å². The Labute approximate surface area is 177 Å². The van der Waals surface area contributed by atoms with Crippen LogP contribution in [0.25, 0.3) is 0 Å². The topological polar surface area (TPSA) is 72.4 Å². The molecule has 1 saturated heterocycles. The highest BCUT2D eigenvalue weighted by atomic mass is 35.5. The number of aromatic nitrogens is 2. The molecule has 166 valence electrons. The number of rotatable bonds is 5. The van der Waals surface area contributed by atoms with E-state index < -0.39 is 63.0 Å². The molecule has 1 aromatic carbocycles. The lowest BCUT2D eigenvalue weighted by Gasteiger charge is -2.37. The van der Waals surface area contributed by atoms with E-state index in [-0.39, 0.29) is 11.6 Å². The predicted molar refractivity (Wildman–Crippen MR) is 97.9 cm³/mol. The highest BCUT2D eigenvalue weighted by Crippen LogP contribution is 2.44. The van der Waals surface area contributed by atoms with Crippen LogP contribution in [0.3, 0.4) is 0 Å². The molecule has 1 aromatic heterocycles. The smallest absolute Gasteiger partial charge is 0.377 e. The van der Waals surface area contributed by atoms with Crippen LogP contribution in [0.2, 0.25) is 5.02 Å². The number of ether oxygens (including phenoxy) is 1. The fourth-order valence-electron chi connectivity index (χ4n) is 3.01. The first-order valence-electron chi connectivity index (χ1n) is 8.43. The van der Waals surface area contributed by atoms with Crippen LogP contribution in [0, 0.1) is 0 Å². The van der Waals surface area contributed by atoms with E-state index in [1.54, 1.807) is 0 Å². The van der Waals surface area contributed by atoms with Gasteiger partial charge in [-0.2, -0.15) is 17.5 Å². The van der Waals surface area contributed by atoms with E-state index >= 15 is 0 Å². The minimum atomic E-state index is -4.72. The average molecular weight is 492 g/mol. The maximum absolute atomic E-state index is 14.1.